The quantitative estimate of drug-likeness (QED) is 0.265. The van der Waals surface area contributed by atoms with Gasteiger partial charge >= 0.3 is 5.97 Å². The molecule has 0 amide bonds. The molecule has 0 aliphatic carbocycles. The average molecular weight is 501 g/mol. The van der Waals surface area contributed by atoms with E-state index >= 15 is 0 Å². The molecule has 0 atom stereocenters. The normalized spacial score (nSPS) is 10.8. The Morgan fingerprint density at radius 2 is 1.45 bits per heavy atom. The van der Waals surface area contributed by atoms with Crippen molar-refractivity contribution in [1.29, 1.82) is 0 Å². The topological polar surface area (TPSA) is 35.1 Å². The molecule has 2 heterocycles. The van der Waals surface area contributed by atoms with Crippen molar-refractivity contribution in [3.63, 3.8) is 0 Å². The Hall–Kier alpha value is -3.44. The SMILES string of the molecule is CCOC(=O)c1cc2c3ccccc3n(Cc3ccccc3)c2c[n+]1Cc1ccccc1.[Br-]. The van der Waals surface area contributed by atoms with Gasteiger partial charge in [0.15, 0.2) is 12.7 Å². The van der Waals surface area contributed by atoms with Crippen molar-refractivity contribution in [1.82, 2.24) is 4.57 Å². The maximum atomic E-state index is 12.9. The number of fused-ring (bicyclic) bond motifs is 3. The first-order chi connectivity index (χ1) is 15.7. The molecular formula is C28H25BrN2O2. The van der Waals surface area contributed by atoms with Gasteiger partial charge in [-0.25, -0.2) is 4.79 Å². The van der Waals surface area contributed by atoms with Crippen LogP contribution in [-0.4, -0.2) is 17.1 Å². The molecule has 0 saturated carbocycles. The Labute approximate surface area is 203 Å². The van der Waals surface area contributed by atoms with E-state index in [0.29, 0.717) is 18.8 Å². The molecule has 0 fully saturated rings. The molecule has 0 radical (unpaired) electrons. The smallest absolute Gasteiger partial charge is 0.403 e. The van der Waals surface area contributed by atoms with E-state index in [4.69, 9.17) is 4.74 Å². The molecule has 0 aliphatic rings. The minimum Gasteiger partial charge on any atom is -1.00 e. The number of rotatable bonds is 6. The molecule has 5 aromatic rings. The van der Waals surface area contributed by atoms with E-state index in [9.17, 15) is 4.79 Å². The molecule has 3 aromatic carbocycles. The number of carbonyl (C=O) groups is 1. The summed E-state index contributed by atoms with van der Waals surface area (Å²) < 4.78 is 9.74. The van der Waals surface area contributed by atoms with Crippen molar-refractivity contribution in [2.75, 3.05) is 6.61 Å². The average Bonchev–Trinajstić information content (AvgIpc) is 3.13. The molecule has 0 N–H and O–H groups in total. The molecule has 33 heavy (non-hydrogen) atoms. The van der Waals surface area contributed by atoms with Crippen LogP contribution in [0.4, 0.5) is 0 Å². The summed E-state index contributed by atoms with van der Waals surface area (Å²) in [5.41, 5.74) is 5.18. The number of carbonyl (C=O) groups excluding carboxylic acids is 1. The zero-order chi connectivity index (χ0) is 21.9. The first-order valence-electron chi connectivity index (χ1n) is 10.9. The third kappa shape index (κ3) is 4.55. The van der Waals surface area contributed by atoms with Crippen LogP contribution in [0.3, 0.4) is 0 Å². The number of aromatic nitrogens is 2. The Bertz CT molecular complexity index is 1400. The highest BCUT2D eigenvalue weighted by Gasteiger charge is 2.25. The maximum Gasteiger partial charge on any atom is 0.403 e. The van der Waals surface area contributed by atoms with Gasteiger partial charge in [-0.2, -0.15) is 4.57 Å². The van der Waals surface area contributed by atoms with E-state index in [1.54, 1.807) is 0 Å². The zero-order valence-electron chi connectivity index (χ0n) is 18.4. The minimum atomic E-state index is -0.301. The monoisotopic (exact) mass is 500 g/mol. The molecular weight excluding hydrogens is 476 g/mol. The molecule has 0 saturated heterocycles. The number of ether oxygens (including phenoxy) is 1. The van der Waals surface area contributed by atoms with Gasteiger partial charge in [0.05, 0.1) is 6.61 Å². The van der Waals surface area contributed by atoms with E-state index in [-0.39, 0.29) is 23.0 Å². The van der Waals surface area contributed by atoms with Crippen molar-refractivity contribution in [3.05, 3.63) is 114 Å². The van der Waals surface area contributed by atoms with Gasteiger partial charge in [0, 0.05) is 34.5 Å². The van der Waals surface area contributed by atoms with Gasteiger partial charge in [0.2, 0.25) is 0 Å². The van der Waals surface area contributed by atoms with Gasteiger partial charge in [-0.05, 0) is 18.6 Å². The lowest BCUT2D eigenvalue weighted by Gasteiger charge is -2.09. The van der Waals surface area contributed by atoms with Crippen LogP contribution in [0.25, 0.3) is 21.8 Å². The zero-order valence-corrected chi connectivity index (χ0v) is 20.0. The molecule has 0 unspecified atom stereocenters. The van der Waals surface area contributed by atoms with Crippen LogP contribution in [0, 0.1) is 0 Å². The number of esters is 1. The Morgan fingerprint density at radius 3 is 2.15 bits per heavy atom. The number of pyridine rings is 1. The molecule has 0 bridgehead atoms. The Morgan fingerprint density at radius 1 is 0.818 bits per heavy atom. The molecule has 5 heteroatoms. The van der Waals surface area contributed by atoms with Crippen LogP contribution in [0.15, 0.2) is 97.2 Å². The maximum absolute atomic E-state index is 12.9. The second kappa shape index (κ2) is 10.0. The van der Waals surface area contributed by atoms with Crippen LogP contribution >= 0.6 is 0 Å². The number of benzene rings is 3. The largest absolute Gasteiger partial charge is 1.00 e. The number of nitrogens with zero attached hydrogens (tertiary/aromatic N) is 2. The Balaban J connectivity index is 0.00000259. The lowest BCUT2D eigenvalue weighted by Crippen LogP contribution is -3.00. The predicted octanol–water partition coefficient (Wildman–Crippen LogP) is 2.36. The summed E-state index contributed by atoms with van der Waals surface area (Å²) in [7, 11) is 0. The number of hydrogen-bond donors (Lipinski definition) is 0. The van der Waals surface area contributed by atoms with Crippen molar-refractivity contribution in [2.45, 2.75) is 20.0 Å². The van der Waals surface area contributed by atoms with Crippen LogP contribution in [0.1, 0.15) is 28.5 Å². The Kier molecular flexibility index (Phi) is 6.90. The summed E-state index contributed by atoms with van der Waals surface area (Å²) in [4.78, 5) is 12.9. The molecule has 0 spiro atoms. The fourth-order valence-electron chi connectivity index (χ4n) is 4.31. The van der Waals surface area contributed by atoms with Gasteiger partial charge in [0.25, 0.3) is 5.69 Å². The van der Waals surface area contributed by atoms with Gasteiger partial charge < -0.3 is 26.3 Å². The molecule has 2 aromatic heterocycles. The van der Waals surface area contributed by atoms with Crippen LogP contribution in [-0.2, 0) is 17.8 Å². The fraction of sp³-hybridized carbons (Fsp3) is 0.143. The summed E-state index contributed by atoms with van der Waals surface area (Å²) in [6, 6.07) is 31.0. The summed E-state index contributed by atoms with van der Waals surface area (Å²) >= 11 is 0. The summed E-state index contributed by atoms with van der Waals surface area (Å²) in [6.45, 7) is 3.54. The van der Waals surface area contributed by atoms with Crippen molar-refractivity contribution >= 4 is 27.8 Å². The first-order valence-corrected chi connectivity index (χ1v) is 10.9. The van der Waals surface area contributed by atoms with E-state index in [1.807, 2.05) is 47.9 Å². The van der Waals surface area contributed by atoms with Gasteiger partial charge in [0.1, 0.15) is 5.52 Å². The van der Waals surface area contributed by atoms with Crippen molar-refractivity contribution in [3.8, 4) is 0 Å². The van der Waals surface area contributed by atoms with E-state index in [2.05, 4.69) is 65.4 Å². The third-order valence-corrected chi connectivity index (χ3v) is 5.78. The van der Waals surface area contributed by atoms with E-state index in [1.165, 1.54) is 5.56 Å². The summed E-state index contributed by atoms with van der Waals surface area (Å²) in [6.07, 6.45) is 2.09. The molecule has 4 nitrogen and oxygen atoms in total. The van der Waals surface area contributed by atoms with Crippen LogP contribution in [0.5, 0.6) is 0 Å². The highest BCUT2D eigenvalue weighted by Crippen LogP contribution is 2.29. The third-order valence-electron chi connectivity index (χ3n) is 5.78. The second-order valence-corrected chi connectivity index (χ2v) is 7.88. The summed E-state index contributed by atoms with van der Waals surface area (Å²) in [5.74, 6) is -0.301. The van der Waals surface area contributed by atoms with Gasteiger partial charge in [-0.15, -0.1) is 0 Å². The second-order valence-electron chi connectivity index (χ2n) is 7.88. The lowest BCUT2D eigenvalue weighted by molar-refractivity contribution is -0.689. The highest BCUT2D eigenvalue weighted by atomic mass is 79.9. The standard InChI is InChI=1S/C28H25N2O2.BrH/c1-2-32-28(31)26-17-24-23-15-9-10-16-25(23)30(19-22-13-7-4-8-14-22)27(24)20-29(26)18-21-11-5-3-6-12-21;/h3-17,20H,2,18-19H2,1H3;1H/q+1;/p-1. The van der Waals surface area contributed by atoms with Crippen molar-refractivity contribution < 1.29 is 31.1 Å². The predicted molar refractivity (Wildman–Crippen MR) is 127 cm³/mol. The van der Waals surface area contributed by atoms with Crippen molar-refractivity contribution in [2.24, 2.45) is 0 Å². The van der Waals surface area contributed by atoms with E-state index in [0.717, 1.165) is 33.9 Å². The lowest BCUT2D eigenvalue weighted by atomic mass is 10.1. The highest BCUT2D eigenvalue weighted by molar-refractivity contribution is 6.09. The number of halogens is 1. The molecule has 5 rings (SSSR count). The molecule has 0 aliphatic heterocycles. The summed E-state index contributed by atoms with van der Waals surface area (Å²) in [5, 5.41) is 2.19. The first kappa shape index (κ1) is 22.7. The minimum absolute atomic E-state index is 0. The molecule has 166 valence electrons. The van der Waals surface area contributed by atoms with Crippen LogP contribution in [0.2, 0.25) is 0 Å². The number of hydrogen-bond acceptors (Lipinski definition) is 2. The number of para-hydroxylation sites is 1. The fourth-order valence-corrected chi connectivity index (χ4v) is 4.31. The van der Waals surface area contributed by atoms with Gasteiger partial charge in [-0.3, -0.25) is 0 Å². The van der Waals surface area contributed by atoms with E-state index < -0.39 is 0 Å². The van der Waals surface area contributed by atoms with Crippen LogP contribution < -0.4 is 21.5 Å². The van der Waals surface area contributed by atoms with Gasteiger partial charge in [-0.1, -0.05) is 78.9 Å².